The monoisotopic (exact) mass is 205 g/mol. The van der Waals surface area contributed by atoms with Crippen molar-refractivity contribution in [2.24, 2.45) is 0 Å². The van der Waals surface area contributed by atoms with Crippen molar-refractivity contribution in [1.82, 2.24) is 5.32 Å². The number of carbonyl (C=O) groups is 1. The topological polar surface area (TPSA) is 29.1 Å². The molecule has 0 aliphatic carbocycles. The first-order valence-corrected chi connectivity index (χ1v) is 5.42. The number of benzene rings is 1. The summed E-state index contributed by atoms with van der Waals surface area (Å²) in [5.41, 5.74) is 1.32. The molecular formula is C11H11NOS. The SMILES string of the molecule is O=CNCCc1csc2ccccc12. The average Bonchev–Trinajstić information content (AvgIpc) is 2.63. The predicted octanol–water partition coefficient (Wildman–Crippen LogP) is 2.19. The van der Waals surface area contributed by atoms with Gasteiger partial charge < -0.3 is 5.32 Å². The third kappa shape index (κ3) is 1.77. The van der Waals surface area contributed by atoms with Crippen LogP contribution in [0.2, 0.25) is 0 Å². The minimum atomic E-state index is 0.713. The first-order valence-electron chi connectivity index (χ1n) is 4.54. The summed E-state index contributed by atoms with van der Waals surface area (Å²) >= 11 is 1.76. The molecule has 3 heteroatoms. The van der Waals surface area contributed by atoms with Gasteiger partial charge in [-0.25, -0.2) is 0 Å². The number of hydrogen-bond donors (Lipinski definition) is 1. The molecule has 0 spiro atoms. The molecule has 0 bridgehead atoms. The van der Waals surface area contributed by atoms with Gasteiger partial charge in [0.25, 0.3) is 0 Å². The Labute approximate surface area is 86.6 Å². The Kier molecular flexibility index (Phi) is 2.79. The van der Waals surface area contributed by atoms with E-state index in [1.54, 1.807) is 11.3 Å². The van der Waals surface area contributed by atoms with Gasteiger partial charge in [-0.15, -0.1) is 11.3 Å². The summed E-state index contributed by atoms with van der Waals surface area (Å²) in [6.45, 7) is 0.713. The van der Waals surface area contributed by atoms with Crippen LogP contribution in [0.25, 0.3) is 10.1 Å². The van der Waals surface area contributed by atoms with E-state index >= 15 is 0 Å². The average molecular weight is 205 g/mol. The van der Waals surface area contributed by atoms with Crippen LogP contribution in [0, 0.1) is 0 Å². The van der Waals surface area contributed by atoms with Gasteiger partial charge in [-0.2, -0.15) is 0 Å². The van der Waals surface area contributed by atoms with Gasteiger partial charge in [0.05, 0.1) is 0 Å². The van der Waals surface area contributed by atoms with E-state index in [0.717, 1.165) is 12.8 Å². The lowest BCUT2D eigenvalue weighted by molar-refractivity contribution is -0.109. The maximum absolute atomic E-state index is 10.1. The van der Waals surface area contributed by atoms with Crippen molar-refractivity contribution in [3.63, 3.8) is 0 Å². The standard InChI is InChI=1S/C11H11NOS/c13-8-12-6-5-9-7-14-11-4-2-1-3-10(9)11/h1-4,7-8H,5-6H2,(H,12,13). The van der Waals surface area contributed by atoms with E-state index in [1.165, 1.54) is 15.6 Å². The van der Waals surface area contributed by atoms with Gasteiger partial charge >= 0.3 is 0 Å². The van der Waals surface area contributed by atoms with Gasteiger partial charge in [0, 0.05) is 11.2 Å². The molecule has 0 saturated carbocycles. The van der Waals surface area contributed by atoms with Crippen molar-refractivity contribution in [3.05, 3.63) is 35.2 Å². The van der Waals surface area contributed by atoms with Gasteiger partial charge in [0.15, 0.2) is 0 Å². The van der Waals surface area contributed by atoms with Crippen LogP contribution in [-0.4, -0.2) is 13.0 Å². The minimum Gasteiger partial charge on any atom is -0.358 e. The van der Waals surface area contributed by atoms with E-state index in [4.69, 9.17) is 0 Å². The van der Waals surface area contributed by atoms with Crippen molar-refractivity contribution < 1.29 is 4.79 Å². The highest BCUT2D eigenvalue weighted by Crippen LogP contribution is 2.25. The largest absolute Gasteiger partial charge is 0.358 e. The Morgan fingerprint density at radius 3 is 3.07 bits per heavy atom. The lowest BCUT2D eigenvalue weighted by Gasteiger charge is -1.97. The van der Waals surface area contributed by atoms with Crippen molar-refractivity contribution in [3.8, 4) is 0 Å². The maximum atomic E-state index is 10.1. The molecule has 0 aliphatic heterocycles. The van der Waals surface area contributed by atoms with E-state index < -0.39 is 0 Å². The fraction of sp³-hybridized carbons (Fsp3) is 0.182. The van der Waals surface area contributed by atoms with Crippen LogP contribution in [-0.2, 0) is 11.2 Å². The smallest absolute Gasteiger partial charge is 0.207 e. The Morgan fingerprint density at radius 2 is 2.21 bits per heavy atom. The van der Waals surface area contributed by atoms with Crippen LogP contribution in [0.1, 0.15) is 5.56 Å². The van der Waals surface area contributed by atoms with Crippen LogP contribution in [0.15, 0.2) is 29.6 Å². The molecule has 1 amide bonds. The second-order valence-corrected chi connectivity index (χ2v) is 3.99. The molecule has 0 fully saturated rings. The molecule has 1 aromatic heterocycles. The number of thiophene rings is 1. The Morgan fingerprint density at radius 1 is 1.36 bits per heavy atom. The third-order valence-electron chi connectivity index (χ3n) is 2.18. The second-order valence-electron chi connectivity index (χ2n) is 3.08. The van der Waals surface area contributed by atoms with Crippen molar-refractivity contribution in [2.75, 3.05) is 6.54 Å². The van der Waals surface area contributed by atoms with Gasteiger partial charge in [0.2, 0.25) is 6.41 Å². The molecule has 0 atom stereocenters. The molecule has 0 unspecified atom stereocenters. The van der Waals surface area contributed by atoms with Crippen LogP contribution in [0.5, 0.6) is 0 Å². The summed E-state index contributed by atoms with van der Waals surface area (Å²) in [5, 5.41) is 6.15. The number of carbonyl (C=O) groups excluding carboxylic acids is 1. The number of nitrogens with one attached hydrogen (secondary N) is 1. The fourth-order valence-corrected chi connectivity index (χ4v) is 2.49. The molecule has 2 aromatic rings. The minimum absolute atomic E-state index is 0.713. The van der Waals surface area contributed by atoms with Crippen molar-refractivity contribution in [1.29, 1.82) is 0 Å². The molecule has 2 rings (SSSR count). The van der Waals surface area contributed by atoms with Crippen molar-refractivity contribution >= 4 is 27.8 Å². The summed E-state index contributed by atoms with van der Waals surface area (Å²) in [4.78, 5) is 10.1. The molecule has 2 nitrogen and oxygen atoms in total. The molecule has 0 radical (unpaired) electrons. The zero-order valence-electron chi connectivity index (χ0n) is 7.69. The number of rotatable bonds is 4. The first-order chi connectivity index (χ1) is 6.92. The van der Waals surface area contributed by atoms with E-state index in [9.17, 15) is 4.79 Å². The molecule has 0 aliphatic rings. The molecule has 72 valence electrons. The lowest BCUT2D eigenvalue weighted by Crippen LogP contribution is -2.13. The van der Waals surface area contributed by atoms with Gasteiger partial charge in [-0.1, -0.05) is 18.2 Å². The maximum Gasteiger partial charge on any atom is 0.207 e. The zero-order valence-corrected chi connectivity index (χ0v) is 8.51. The summed E-state index contributed by atoms with van der Waals surface area (Å²) in [6, 6.07) is 8.34. The number of amides is 1. The lowest BCUT2D eigenvalue weighted by atomic mass is 10.1. The number of hydrogen-bond acceptors (Lipinski definition) is 2. The Hall–Kier alpha value is -1.35. The molecule has 0 saturated heterocycles. The summed E-state index contributed by atoms with van der Waals surface area (Å²) in [6.07, 6.45) is 1.65. The second kappa shape index (κ2) is 4.24. The van der Waals surface area contributed by atoms with Crippen LogP contribution in [0.3, 0.4) is 0 Å². The van der Waals surface area contributed by atoms with E-state index in [0.29, 0.717) is 6.54 Å². The number of fused-ring (bicyclic) bond motifs is 1. The van der Waals surface area contributed by atoms with Gasteiger partial charge in [-0.3, -0.25) is 4.79 Å². The highest BCUT2D eigenvalue weighted by molar-refractivity contribution is 7.17. The molecule has 1 aromatic carbocycles. The van der Waals surface area contributed by atoms with E-state index in [-0.39, 0.29) is 0 Å². The highest BCUT2D eigenvalue weighted by atomic mass is 32.1. The summed E-state index contributed by atoms with van der Waals surface area (Å²) in [5.74, 6) is 0. The highest BCUT2D eigenvalue weighted by Gasteiger charge is 2.01. The Balaban J connectivity index is 2.20. The van der Waals surface area contributed by atoms with Crippen LogP contribution < -0.4 is 5.32 Å². The molecule has 14 heavy (non-hydrogen) atoms. The molecular weight excluding hydrogens is 194 g/mol. The Bertz CT molecular complexity index is 436. The third-order valence-corrected chi connectivity index (χ3v) is 3.20. The fourth-order valence-electron chi connectivity index (χ4n) is 1.49. The summed E-state index contributed by atoms with van der Waals surface area (Å²) in [7, 11) is 0. The quantitative estimate of drug-likeness (QED) is 0.601. The van der Waals surface area contributed by atoms with Crippen LogP contribution >= 0.6 is 11.3 Å². The summed E-state index contributed by atoms with van der Waals surface area (Å²) < 4.78 is 1.31. The van der Waals surface area contributed by atoms with Crippen molar-refractivity contribution in [2.45, 2.75) is 6.42 Å². The van der Waals surface area contributed by atoms with E-state index in [1.807, 2.05) is 12.1 Å². The molecule has 1 N–H and O–H groups in total. The van der Waals surface area contributed by atoms with Gasteiger partial charge in [-0.05, 0) is 28.8 Å². The first kappa shape index (κ1) is 9.21. The normalized spacial score (nSPS) is 10.3. The zero-order chi connectivity index (χ0) is 9.80. The predicted molar refractivity (Wildman–Crippen MR) is 59.6 cm³/mol. The van der Waals surface area contributed by atoms with E-state index in [2.05, 4.69) is 22.8 Å². The molecule has 1 heterocycles. The van der Waals surface area contributed by atoms with Crippen LogP contribution in [0.4, 0.5) is 0 Å². The van der Waals surface area contributed by atoms with Gasteiger partial charge in [0.1, 0.15) is 0 Å².